The lowest BCUT2D eigenvalue weighted by Gasteiger charge is -2.34. The average molecular weight is 463 g/mol. The summed E-state index contributed by atoms with van der Waals surface area (Å²) in [6.45, 7) is 1.44. The summed E-state index contributed by atoms with van der Waals surface area (Å²) in [5, 5.41) is 5.98. The number of benzene rings is 2. The second-order valence-electron chi connectivity index (χ2n) is 6.65. The van der Waals surface area contributed by atoms with E-state index in [2.05, 4.69) is 21.0 Å². The van der Waals surface area contributed by atoms with Crippen molar-refractivity contribution in [1.29, 1.82) is 0 Å². The molecule has 7 nitrogen and oxygen atoms in total. The van der Waals surface area contributed by atoms with Crippen LogP contribution in [0.5, 0.6) is 0 Å². The highest BCUT2D eigenvalue weighted by Gasteiger charge is 2.30. The van der Waals surface area contributed by atoms with Crippen molar-refractivity contribution in [2.75, 3.05) is 26.2 Å². The predicted octanol–water partition coefficient (Wildman–Crippen LogP) is 2.33. The van der Waals surface area contributed by atoms with Crippen LogP contribution in [0.1, 0.15) is 0 Å². The Hall–Kier alpha value is -2.23. The molecule has 146 valence electrons. The maximum atomic E-state index is 13.0. The molecule has 0 aliphatic carbocycles. The highest BCUT2D eigenvalue weighted by atomic mass is 79.9. The minimum absolute atomic E-state index is 0.0710. The Kier molecular flexibility index (Phi) is 5.22. The molecule has 1 aromatic heterocycles. The van der Waals surface area contributed by atoms with Crippen molar-refractivity contribution in [1.82, 2.24) is 19.0 Å². The minimum atomic E-state index is -3.59. The number of nitrogens with zero attached hydrogens (tertiary/aromatic N) is 4. The molecular formula is C19H19BrN4O3S. The van der Waals surface area contributed by atoms with Crippen molar-refractivity contribution in [3.8, 4) is 0 Å². The van der Waals surface area contributed by atoms with Gasteiger partial charge in [-0.1, -0.05) is 30.3 Å². The van der Waals surface area contributed by atoms with Crippen LogP contribution in [-0.2, 0) is 21.4 Å². The van der Waals surface area contributed by atoms with Gasteiger partial charge in [0.05, 0.1) is 15.6 Å². The largest absolute Gasteiger partial charge is 0.338 e. The van der Waals surface area contributed by atoms with Gasteiger partial charge in [0.1, 0.15) is 6.54 Å². The number of carbonyl (C=O) groups is 1. The summed E-state index contributed by atoms with van der Waals surface area (Å²) in [7, 11) is -3.59. The third-order valence-electron chi connectivity index (χ3n) is 4.85. The maximum absolute atomic E-state index is 13.0. The number of hydrogen-bond acceptors (Lipinski definition) is 4. The van der Waals surface area contributed by atoms with Crippen molar-refractivity contribution in [3.63, 3.8) is 0 Å². The van der Waals surface area contributed by atoms with Crippen LogP contribution in [0, 0.1) is 0 Å². The van der Waals surface area contributed by atoms with Crippen LogP contribution < -0.4 is 0 Å². The second-order valence-corrected chi connectivity index (χ2v) is 9.50. The van der Waals surface area contributed by atoms with E-state index in [1.165, 1.54) is 4.31 Å². The minimum Gasteiger partial charge on any atom is -0.338 e. The fourth-order valence-corrected chi connectivity index (χ4v) is 5.10. The zero-order valence-electron chi connectivity index (χ0n) is 15.0. The van der Waals surface area contributed by atoms with Crippen LogP contribution in [-0.4, -0.2) is 59.5 Å². The van der Waals surface area contributed by atoms with E-state index < -0.39 is 10.0 Å². The highest BCUT2D eigenvalue weighted by molar-refractivity contribution is 9.10. The summed E-state index contributed by atoms with van der Waals surface area (Å²) < 4.78 is 29.8. The molecular weight excluding hydrogens is 444 g/mol. The van der Waals surface area contributed by atoms with Crippen LogP contribution >= 0.6 is 15.9 Å². The molecule has 0 unspecified atom stereocenters. The summed E-state index contributed by atoms with van der Waals surface area (Å²) in [6, 6.07) is 12.8. The Balaban J connectivity index is 1.43. The molecule has 3 aromatic rings. The fraction of sp³-hybridized carbons (Fsp3) is 0.263. The van der Waals surface area contributed by atoms with Crippen molar-refractivity contribution < 1.29 is 13.2 Å². The Morgan fingerprint density at radius 1 is 1.04 bits per heavy atom. The topological polar surface area (TPSA) is 75.5 Å². The molecule has 0 N–H and O–H groups in total. The molecule has 2 aromatic carbocycles. The van der Waals surface area contributed by atoms with E-state index in [-0.39, 0.29) is 30.4 Å². The molecule has 1 aliphatic heterocycles. The zero-order chi connectivity index (χ0) is 19.7. The number of halogens is 1. The summed E-state index contributed by atoms with van der Waals surface area (Å²) in [5.41, 5.74) is 0. The lowest BCUT2D eigenvalue weighted by molar-refractivity contribution is -0.133. The van der Waals surface area contributed by atoms with E-state index >= 15 is 0 Å². The average Bonchev–Trinajstić information content (AvgIpc) is 3.12. The Bertz CT molecular complexity index is 1120. The Morgan fingerprint density at radius 3 is 2.43 bits per heavy atom. The summed E-state index contributed by atoms with van der Waals surface area (Å²) >= 11 is 3.30. The van der Waals surface area contributed by atoms with Crippen LogP contribution in [0.3, 0.4) is 0 Å². The summed E-state index contributed by atoms with van der Waals surface area (Å²) in [6.07, 6.45) is 3.36. The second kappa shape index (κ2) is 7.65. The number of carbonyl (C=O) groups excluding carboxylic acids is 1. The van der Waals surface area contributed by atoms with Crippen molar-refractivity contribution in [2.45, 2.75) is 11.4 Å². The first kappa shape index (κ1) is 19.1. The molecule has 1 saturated heterocycles. The van der Waals surface area contributed by atoms with E-state index in [0.29, 0.717) is 13.1 Å². The monoisotopic (exact) mass is 462 g/mol. The van der Waals surface area contributed by atoms with Gasteiger partial charge in [0.15, 0.2) is 0 Å². The molecule has 0 atom stereocenters. The van der Waals surface area contributed by atoms with Crippen molar-refractivity contribution in [2.24, 2.45) is 0 Å². The summed E-state index contributed by atoms with van der Waals surface area (Å²) in [4.78, 5) is 14.4. The molecule has 28 heavy (non-hydrogen) atoms. The molecule has 0 bridgehead atoms. The molecule has 0 radical (unpaired) electrons. The number of rotatable bonds is 4. The predicted molar refractivity (Wildman–Crippen MR) is 109 cm³/mol. The van der Waals surface area contributed by atoms with Gasteiger partial charge in [0, 0.05) is 32.4 Å². The smallest absolute Gasteiger partial charge is 0.244 e. The molecule has 0 saturated carbocycles. The Morgan fingerprint density at radius 2 is 1.75 bits per heavy atom. The van der Waals surface area contributed by atoms with Gasteiger partial charge in [0.25, 0.3) is 0 Å². The summed E-state index contributed by atoms with van der Waals surface area (Å²) in [5.74, 6) is -0.0710. The van der Waals surface area contributed by atoms with E-state index in [0.717, 1.165) is 15.2 Å². The molecule has 9 heteroatoms. The quantitative estimate of drug-likeness (QED) is 0.596. The standard InChI is InChI=1S/C19H19BrN4O3S/c20-17-12-21-23(13-17)14-19(25)22-7-9-24(10-8-22)28(26,27)18-6-5-15-3-1-2-4-16(15)11-18/h1-6,11-13H,7-10,14H2. The van der Waals surface area contributed by atoms with E-state index in [1.54, 1.807) is 34.1 Å². The van der Waals surface area contributed by atoms with Gasteiger partial charge in [0.2, 0.25) is 15.9 Å². The third kappa shape index (κ3) is 3.82. The van der Waals surface area contributed by atoms with Gasteiger partial charge in [-0.25, -0.2) is 8.42 Å². The van der Waals surface area contributed by atoms with Gasteiger partial charge in [-0.15, -0.1) is 0 Å². The molecule has 2 heterocycles. The molecule has 1 aliphatic rings. The number of fused-ring (bicyclic) bond motifs is 1. The lowest BCUT2D eigenvalue weighted by atomic mass is 10.1. The van der Waals surface area contributed by atoms with Crippen LogP contribution in [0.2, 0.25) is 0 Å². The normalized spacial score (nSPS) is 15.8. The van der Waals surface area contributed by atoms with Gasteiger partial charge >= 0.3 is 0 Å². The van der Waals surface area contributed by atoms with Gasteiger partial charge in [-0.2, -0.15) is 9.40 Å². The van der Waals surface area contributed by atoms with E-state index in [9.17, 15) is 13.2 Å². The van der Waals surface area contributed by atoms with E-state index in [4.69, 9.17) is 0 Å². The molecule has 1 fully saturated rings. The molecule has 1 amide bonds. The first-order valence-corrected chi connectivity index (χ1v) is 11.1. The molecule has 4 rings (SSSR count). The number of amides is 1. The first-order chi connectivity index (χ1) is 13.4. The van der Waals surface area contributed by atoms with E-state index in [1.807, 2.05) is 30.3 Å². The van der Waals surface area contributed by atoms with Crippen LogP contribution in [0.15, 0.2) is 64.2 Å². The van der Waals surface area contributed by atoms with Crippen molar-refractivity contribution >= 4 is 42.6 Å². The Labute approximate surface area is 171 Å². The number of sulfonamides is 1. The highest BCUT2D eigenvalue weighted by Crippen LogP contribution is 2.23. The number of piperazine rings is 1. The molecule has 0 spiro atoms. The SMILES string of the molecule is O=C(Cn1cc(Br)cn1)N1CCN(S(=O)(=O)c2ccc3ccccc3c2)CC1. The van der Waals surface area contributed by atoms with Crippen LogP contribution in [0.4, 0.5) is 0 Å². The maximum Gasteiger partial charge on any atom is 0.244 e. The van der Waals surface area contributed by atoms with Gasteiger partial charge < -0.3 is 4.90 Å². The third-order valence-corrected chi connectivity index (χ3v) is 7.15. The van der Waals surface area contributed by atoms with Crippen LogP contribution in [0.25, 0.3) is 10.8 Å². The number of hydrogen-bond donors (Lipinski definition) is 0. The first-order valence-electron chi connectivity index (χ1n) is 8.88. The lowest BCUT2D eigenvalue weighted by Crippen LogP contribution is -2.51. The van der Waals surface area contributed by atoms with Gasteiger partial charge in [-0.05, 0) is 38.8 Å². The zero-order valence-corrected chi connectivity index (χ0v) is 17.4. The van der Waals surface area contributed by atoms with Crippen molar-refractivity contribution in [3.05, 3.63) is 59.3 Å². The number of aromatic nitrogens is 2. The van der Waals surface area contributed by atoms with Gasteiger partial charge in [-0.3, -0.25) is 9.48 Å². The fourth-order valence-electron chi connectivity index (χ4n) is 3.32.